The highest BCUT2D eigenvalue weighted by atomic mass is 16.5. The summed E-state index contributed by atoms with van der Waals surface area (Å²) < 4.78 is 11.3. The van der Waals surface area contributed by atoms with Crippen LogP contribution in [0.5, 0.6) is 11.5 Å². The van der Waals surface area contributed by atoms with E-state index in [2.05, 4.69) is 19.9 Å². The molecule has 0 radical (unpaired) electrons. The predicted molar refractivity (Wildman–Crippen MR) is 73.0 cm³/mol. The Morgan fingerprint density at radius 1 is 1.22 bits per heavy atom. The van der Waals surface area contributed by atoms with Crippen molar-refractivity contribution in [2.45, 2.75) is 39.2 Å². The Balaban J connectivity index is 2.12. The van der Waals surface area contributed by atoms with E-state index in [1.54, 1.807) is 0 Å². The van der Waals surface area contributed by atoms with Gasteiger partial charge in [-0.3, -0.25) is 0 Å². The quantitative estimate of drug-likeness (QED) is 0.890. The Bertz CT molecular complexity index is 392. The van der Waals surface area contributed by atoms with Crippen molar-refractivity contribution in [1.29, 1.82) is 0 Å². The molecule has 2 rings (SSSR count). The summed E-state index contributed by atoms with van der Waals surface area (Å²) in [5.74, 6) is 2.33. The van der Waals surface area contributed by atoms with Crippen molar-refractivity contribution in [1.82, 2.24) is 0 Å². The van der Waals surface area contributed by atoms with Crippen LogP contribution in [-0.4, -0.2) is 13.2 Å². The minimum atomic E-state index is 0.0807. The highest BCUT2D eigenvalue weighted by Gasteiger charge is 2.15. The number of rotatable bonds is 4. The number of hydrogen-bond donors (Lipinski definition) is 1. The summed E-state index contributed by atoms with van der Waals surface area (Å²) in [7, 11) is 0. The van der Waals surface area contributed by atoms with Crippen LogP contribution in [0.2, 0.25) is 0 Å². The number of benzene rings is 1. The van der Waals surface area contributed by atoms with E-state index in [1.165, 1.54) is 0 Å². The molecular weight excluding hydrogens is 226 g/mol. The summed E-state index contributed by atoms with van der Waals surface area (Å²) in [4.78, 5) is 0. The molecule has 0 saturated carbocycles. The SMILES string of the molecule is CCC(C)CC(N)c1ccc2c(c1)OCCCO2. The summed E-state index contributed by atoms with van der Waals surface area (Å²) in [6.45, 7) is 5.89. The first kappa shape index (κ1) is 13.2. The van der Waals surface area contributed by atoms with Crippen LogP contribution >= 0.6 is 0 Å². The zero-order valence-corrected chi connectivity index (χ0v) is 11.3. The van der Waals surface area contributed by atoms with Crippen LogP contribution in [-0.2, 0) is 0 Å². The van der Waals surface area contributed by atoms with E-state index in [-0.39, 0.29) is 6.04 Å². The summed E-state index contributed by atoms with van der Waals surface area (Å²) in [5.41, 5.74) is 7.39. The number of fused-ring (bicyclic) bond motifs is 1. The van der Waals surface area contributed by atoms with Gasteiger partial charge in [-0.15, -0.1) is 0 Å². The first-order valence-corrected chi connectivity index (χ1v) is 6.85. The normalized spacial score (nSPS) is 17.9. The smallest absolute Gasteiger partial charge is 0.161 e. The first-order chi connectivity index (χ1) is 8.70. The van der Waals surface area contributed by atoms with Crippen molar-refractivity contribution >= 4 is 0 Å². The summed E-state index contributed by atoms with van der Waals surface area (Å²) >= 11 is 0. The van der Waals surface area contributed by atoms with Gasteiger partial charge in [-0.2, -0.15) is 0 Å². The van der Waals surface area contributed by atoms with Crippen LogP contribution in [0.3, 0.4) is 0 Å². The molecule has 0 saturated heterocycles. The molecule has 1 aromatic carbocycles. The average molecular weight is 249 g/mol. The molecule has 18 heavy (non-hydrogen) atoms. The van der Waals surface area contributed by atoms with Crippen molar-refractivity contribution in [3.63, 3.8) is 0 Å². The lowest BCUT2D eigenvalue weighted by Gasteiger charge is -2.17. The van der Waals surface area contributed by atoms with Gasteiger partial charge in [-0.05, 0) is 30.0 Å². The van der Waals surface area contributed by atoms with Gasteiger partial charge in [0.15, 0.2) is 11.5 Å². The van der Waals surface area contributed by atoms with Crippen LogP contribution in [0.4, 0.5) is 0 Å². The second-order valence-electron chi connectivity index (χ2n) is 5.11. The molecule has 3 nitrogen and oxygen atoms in total. The van der Waals surface area contributed by atoms with E-state index in [9.17, 15) is 0 Å². The van der Waals surface area contributed by atoms with E-state index in [1.807, 2.05) is 12.1 Å². The minimum Gasteiger partial charge on any atom is -0.490 e. The molecule has 0 aliphatic carbocycles. The zero-order valence-electron chi connectivity index (χ0n) is 11.3. The highest BCUT2D eigenvalue weighted by molar-refractivity contribution is 5.44. The van der Waals surface area contributed by atoms with Crippen molar-refractivity contribution in [2.24, 2.45) is 11.7 Å². The number of ether oxygens (including phenoxy) is 2. The third-order valence-electron chi connectivity index (χ3n) is 3.55. The fraction of sp³-hybridized carbons (Fsp3) is 0.600. The van der Waals surface area contributed by atoms with E-state index in [4.69, 9.17) is 15.2 Å². The Morgan fingerprint density at radius 2 is 1.94 bits per heavy atom. The van der Waals surface area contributed by atoms with Gasteiger partial charge in [0.2, 0.25) is 0 Å². The summed E-state index contributed by atoms with van der Waals surface area (Å²) in [5, 5.41) is 0. The highest BCUT2D eigenvalue weighted by Crippen LogP contribution is 2.33. The van der Waals surface area contributed by atoms with E-state index >= 15 is 0 Å². The second kappa shape index (κ2) is 6.10. The molecule has 0 bridgehead atoms. The molecule has 2 atom stereocenters. The van der Waals surface area contributed by atoms with Crippen molar-refractivity contribution in [3.05, 3.63) is 23.8 Å². The molecule has 0 spiro atoms. The van der Waals surface area contributed by atoms with Gasteiger partial charge >= 0.3 is 0 Å². The fourth-order valence-corrected chi connectivity index (χ4v) is 2.15. The molecule has 3 heteroatoms. The first-order valence-electron chi connectivity index (χ1n) is 6.85. The molecule has 100 valence electrons. The van der Waals surface area contributed by atoms with Gasteiger partial charge in [0.25, 0.3) is 0 Å². The molecule has 1 aliphatic rings. The Labute approximate surface area is 109 Å². The van der Waals surface area contributed by atoms with Gasteiger partial charge in [0.1, 0.15) is 0 Å². The molecule has 0 aromatic heterocycles. The number of hydrogen-bond acceptors (Lipinski definition) is 3. The second-order valence-corrected chi connectivity index (χ2v) is 5.11. The maximum Gasteiger partial charge on any atom is 0.161 e. The van der Waals surface area contributed by atoms with Gasteiger partial charge < -0.3 is 15.2 Å². The maximum absolute atomic E-state index is 6.25. The standard InChI is InChI=1S/C15H23NO2/c1-3-11(2)9-13(16)12-5-6-14-15(10-12)18-8-4-7-17-14/h5-6,10-11,13H,3-4,7-9,16H2,1-2H3. The lowest BCUT2D eigenvalue weighted by molar-refractivity contribution is 0.297. The molecule has 2 unspecified atom stereocenters. The van der Waals surface area contributed by atoms with Gasteiger partial charge in [-0.1, -0.05) is 26.3 Å². The van der Waals surface area contributed by atoms with Gasteiger partial charge in [-0.25, -0.2) is 0 Å². The van der Waals surface area contributed by atoms with Crippen LogP contribution in [0.15, 0.2) is 18.2 Å². The summed E-state index contributed by atoms with van der Waals surface area (Å²) in [6.07, 6.45) is 3.11. The third kappa shape index (κ3) is 3.16. The Morgan fingerprint density at radius 3 is 2.67 bits per heavy atom. The lowest BCUT2D eigenvalue weighted by Crippen LogP contribution is -2.14. The largest absolute Gasteiger partial charge is 0.490 e. The van der Waals surface area contributed by atoms with Crippen LogP contribution in [0.25, 0.3) is 0 Å². The monoisotopic (exact) mass is 249 g/mol. The third-order valence-corrected chi connectivity index (χ3v) is 3.55. The van der Waals surface area contributed by atoms with E-state index in [0.29, 0.717) is 5.92 Å². The van der Waals surface area contributed by atoms with E-state index < -0.39 is 0 Å². The minimum absolute atomic E-state index is 0.0807. The lowest BCUT2D eigenvalue weighted by atomic mass is 9.95. The molecule has 2 N–H and O–H groups in total. The zero-order chi connectivity index (χ0) is 13.0. The Hall–Kier alpha value is -1.22. The molecule has 1 aliphatic heterocycles. The predicted octanol–water partition coefficient (Wildman–Crippen LogP) is 3.28. The van der Waals surface area contributed by atoms with Crippen LogP contribution in [0, 0.1) is 5.92 Å². The summed E-state index contributed by atoms with van der Waals surface area (Å²) in [6, 6.07) is 6.15. The van der Waals surface area contributed by atoms with Crippen molar-refractivity contribution in [3.8, 4) is 11.5 Å². The van der Waals surface area contributed by atoms with Crippen molar-refractivity contribution < 1.29 is 9.47 Å². The van der Waals surface area contributed by atoms with Crippen molar-refractivity contribution in [2.75, 3.05) is 13.2 Å². The molecule has 0 amide bonds. The molecule has 1 aromatic rings. The van der Waals surface area contributed by atoms with Gasteiger partial charge in [0.05, 0.1) is 13.2 Å². The molecular formula is C15H23NO2. The van der Waals surface area contributed by atoms with Crippen LogP contribution < -0.4 is 15.2 Å². The maximum atomic E-state index is 6.25. The topological polar surface area (TPSA) is 44.5 Å². The molecule has 0 fully saturated rings. The Kier molecular flexibility index (Phi) is 4.48. The van der Waals surface area contributed by atoms with Crippen LogP contribution in [0.1, 0.15) is 44.7 Å². The van der Waals surface area contributed by atoms with Gasteiger partial charge in [0, 0.05) is 12.5 Å². The van der Waals surface area contributed by atoms with E-state index in [0.717, 1.165) is 49.5 Å². The number of nitrogens with two attached hydrogens (primary N) is 1. The average Bonchev–Trinajstić information content (AvgIpc) is 2.62. The fourth-order valence-electron chi connectivity index (χ4n) is 2.15. The molecule has 1 heterocycles.